The van der Waals surface area contributed by atoms with Crippen molar-refractivity contribution in [3.63, 3.8) is 0 Å². The summed E-state index contributed by atoms with van der Waals surface area (Å²) in [7, 11) is -3.35. The van der Waals surface area contributed by atoms with Gasteiger partial charge in [-0.15, -0.1) is 0 Å². The maximum absolute atomic E-state index is 12.1. The van der Waals surface area contributed by atoms with Crippen molar-refractivity contribution in [2.45, 2.75) is 31.6 Å². The van der Waals surface area contributed by atoms with E-state index in [0.29, 0.717) is 11.5 Å². The van der Waals surface area contributed by atoms with Crippen LogP contribution in [0.5, 0.6) is 0 Å². The van der Waals surface area contributed by atoms with Gasteiger partial charge in [0, 0.05) is 19.8 Å². The lowest BCUT2D eigenvalue weighted by molar-refractivity contribution is 0.0300. The Morgan fingerprint density at radius 3 is 2.70 bits per heavy atom. The molecule has 0 aromatic carbocycles. The van der Waals surface area contributed by atoms with E-state index in [4.69, 9.17) is 10.5 Å². The molecule has 2 rings (SSSR count). The molecule has 1 aromatic rings. The standard InChI is InChI=1S/C12H21N3O3S2/c1-3-20(16,17)9-10(13)15-19-11(9)14-8-12(2)4-6-18-7-5-12/h14H,3-8H2,1-2H3,(H2,13,15). The third-order valence-electron chi connectivity index (χ3n) is 3.74. The Labute approximate surface area is 123 Å². The molecule has 0 aliphatic carbocycles. The first-order chi connectivity index (χ1) is 9.38. The fourth-order valence-corrected chi connectivity index (χ4v) is 4.35. The Hall–Kier alpha value is -0.860. The Morgan fingerprint density at radius 2 is 2.10 bits per heavy atom. The third-order valence-corrected chi connectivity index (χ3v) is 6.48. The molecule has 0 saturated carbocycles. The predicted molar refractivity (Wildman–Crippen MR) is 80.9 cm³/mol. The average Bonchev–Trinajstić information content (AvgIpc) is 2.79. The number of nitrogens with two attached hydrogens (primary N) is 1. The number of ether oxygens (including phenoxy) is 1. The van der Waals surface area contributed by atoms with E-state index >= 15 is 0 Å². The number of sulfone groups is 1. The van der Waals surface area contributed by atoms with Crippen LogP contribution in [0.15, 0.2) is 4.90 Å². The van der Waals surface area contributed by atoms with Gasteiger partial charge in [-0.3, -0.25) is 0 Å². The highest BCUT2D eigenvalue weighted by Crippen LogP contribution is 2.35. The van der Waals surface area contributed by atoms with Crippen molar-refractivity contribution in [3.8, 4) is 0 Å². The van der Waals surface area contributed by atoms with Crippen LogP contribution in [0.1, 0.15) is 26.7 Å². The van der Waals surface area contributed by atoms with Crippen LogP contribution in [0.4, 0.5) is 10.8 Å². The first-order valence-corrected chi connectivity index (χ1v) is 9.10. The smallest absolute Gasteiger partial charge is 0.184 e. The van der Waals surface area contributed by atoms with Crippen molar-refractivity contribution < 1.29 is 13.2 Å². The molecular weight excluding hydrogens is 298 g/mol. The third kappa shape index (κ3) is 3.24. The van der Waals surface area contributed by atoms with Gasteiger partial charge in [-0.1, -0.05) is 13.8 Å². The summed E-state index contributed by atoms with van der Waals surface area (Å²) in [5.74, 6) is 0.117. The molecule has 6 nitrogen and oxygen atoms in total. The van der Waals surface area contributed by atoms with Crippen molar-refractivity contribution in [2.24, 2.45) is 5.41 Å². The zero-order valence-corrected chi connectivity index (χ0v) is 13.4. The summed E-state index contributed by atoms with van der Waals surface area (Å²) in [6.07, 6.45) is 1.92. The molecule has 1 aromatic heterocycles. The zero-order chi connectivity index (χ0) is 14.8. The Balaban J connectivity index is 2.15. The van der Waals surface area contributed by atoms with Crippen LogP contribution in [0, 0.1) is 5.41 Å². The van der Waals surface area contributed by atoms with Gasteiger partial charge in [-0.05, 0) is 29.8 Å². The molecule has 114 valence electrons. The van der Waals surface area contributed by atoms with Crippen molar-refractivity contribution >= 4 is 32.2 Å². The minimum atomic E-state index is -3.35. The molecular formula is C12H21N3O3S2. The molecule has 0 bridgehead atoms. The average molecular weight is 319 g/mol. The van der Waals surface area contributed by atoms with E-state index in [-0.39, 0.29) is 21.9 Å². The molecule has 20 heavy (non-hydrogen) atoms. The van der Waals surface area contributed by atoms with Crippen LogP contribution < -0.4 is 11.1 Å². The molecule has 1 aliphatic heterocycles. The molecule has 3 N–H and O–H groups in total. The quantitative estimate of drug-likeness (QED) is 0.858. The highest BCUT2D eigenvalue weighted by Gasteiger charge is 2.29. The van der Waals surface area contributed by atoms with Crippen molar-refractivity contribution in [3.05, 3.63) is 0 Å². The lowest BCUT2D eigenvalue weighted by atomic mass is 9.82. The molecule has 1 saturated heterocycles. The molecule has 0 radical (unpaired) electrons. The monoisotopic (exact) mass is 319 g/mol. The first kappa shape index (κ1) is 15.5. The SMILES string of the molecule is CCS(=O)(=O)c1c(N)nsc1NCC1(C)CCOCC1. The molecule has 2 heterocycles. The lowest BCUT2D eigenvalue weighted by Crippen LogP contribution is -2.33. The lowest BCUT2D eigenvalue weighted by Gasteiger charge is -2.33. The van der Waals surface area contributed by atoms with Crippen LogP contribution in [0.3, 0.4) is 0 Å². The van der Waals surface area contributed by atoms with E-state index in [1.54, 1.807) is 6.92 Å². The summed E-state index contributed by atoms with van der Waals surface area (Å²) < 4.78 is 33.5. The van der Waals surface area contributed by atoms with Gasteiger partial charge in [0.15, 0.2) is 15.7 Å². The molecule has 8 heteroatoms. The minimum Gasteiger partial charge on any atom is -0.382 e. The summed E-state index contributed by atoms with van der Waals surface area (Å²) in [5.41, 5.74) is 5.82. The van der Waals surface area contributed by atoms with Gasteiger partial charge in [0.1, 0.15) is 9.90 Å². The number of rotatable bonds is 5. The maximum atomic E-state index is 12.1. The fraction of sp³-hybridized carbons (Fsp3) is 0.750. The van der Waals surface area contributed by atoms with Crippen LogP contribution >= 0.6 is 11.5 Å². The van der Waals surface area contributed by atoms with Gasteiger partial charge in [0.25, 0.3) is 0 Å². The van der Waals surface area contributed by atoms with Gasteiger partial charge in [0.05, 0.1) is 5.75 Å². The summed E-state index contributed by atoms with van der Waals surface area (Å²) in [6, 6.07) is 0. The topological polar surface area (TPSA) is 94.3 Å². The van der Waals surface area contributed by atoms with Gasteiger partial charge < -0.3 is 15.8 Å². The van der Waals surface area contributed by atoms with E-state index in [1.807, 2.05) is 0 Å². The minimum absolute atomic E-state index is 0.0232. The van der Waals surface area contributed by atoms with Crippen LogP contribution in [-0.2, 0) is 14.6 Å². The van der Waals surface area contributed by atoms with Crippen molar-refractivity contribution in [2.75, 3.05) is 36.6 Å². The molecule has 0 atom stereocenters. The van der Waals surface area contributed by atoms with Gasteiger partial charge in [0.2, 0.25) is 0 Å². The zero-order valence-electron chi connectivity index (χ0n) is 11.8. The first-order valence-electron chi connectivity index (χ1n) is 6.67. The highest BCUT2D eigenvalue weighted by atomic mass is 32.2. The second-order valence-electron chi connectivity index (χ2n) is 5.41. The van der Waals surface area contributed by atoms with E-state index in [1.165, 1.54) is 0 Å². The Kier molecular flexibility index (Phi) is 4.55. The number of nitrogen functional groups attached to an aromatic ring is 1. The van der Waals surface area contributed by atoms with Gasteiger partial charge in [-0.25, -0.2) is 8.42 Å². The van der Waals surface area contributed by atoms with Gasteiger partial charge >= 0.3 is 0 Å². The molecule has 1 fully saturated rings. The second-order valence-corrected chi connectivity index (χ2v) is 8.39. The fourth-order valence-electron chi connectivity index (χ4n) is 2.19. The van der Waals surface area contributed by atoms with Crippen LogP contribution in [0.25, 0.3) is 0 Å². The van der Waals surface area contributed by atoms with Crippen molar-refractivity contribution in [1.29, 1.82) is 0 Å². The normalized spacial score (nSPS) is 18.9. The molecule has 1 aliphatic rings. The molecule has 0 amide bonds. The number of nitrogens with one attached hydrogen (secondary N) is 1. The largest absolute Gasteiger partial charge is 0.382 e. The Morgan fingerprint density at radius 1 is 1.45 bits per heavy atom. The summed E-state index contributed by atoms with van der Waals surface area (Å²) in [6.45, 7) is 5.99. The number of aromatic nitrogens is 1. The summed E-state index contributed by atoms with van der Waals surface area (Å²) >= 11 is 1.11. The Bertz CT molecular complexity index is 563. The summed E-state index contributed by atoms with van der Waals surface area (Å²) in [4.78, 5) is 0.153. The van der Waals surface area contributed by atoms with Crippen LogP contribution in [-0.4, -0.2) is 38.3 Å². The summed E-state index contributed by atoms with van der Waals surface area (Å²) in [5, 5.41) is 3.78. The van der Waals surface area contributed by atoms with E-state index in [9.17, 15) is 8.42 Å². The molecule has 0 spiro atoms. The number of anilines is 2. The second kappa shape index (κ2) is 5.87. The van der Waals surface area contributed by atoms with Crippen LogP contribution in [0.2, 0.25) is 0 Å². The highest BCUT2D eigenvalue weighted by molar-refractivity contribution is 7.91. The van der Waals surface area contributed by atoms with E-state index in [2.05, 4.69) is 16.6 Å². The van der Waals surface area contributed by atoms with Crippen molar-refractivity contribution in [1.82, 2.24) is 4.37 Å². The van der Waals surface area contributed by atoms with E-state index in [0.717, 1.165) is 37.6 Å². The number of hydrogen-bond acceptors (Lipinski definition) is 7. The van der Waals surface area contributed by atoms with Gasteiger partial charge in [-0.2, -0.15) is 4.37 Å². The predicted octanol–water partition coefficient (Wildman–Crippen LogP) is 1.75. The molecule has 0 unspecified atom stereocenters. The maximum Gasteiger partial charge on any atom is 0.184 e. The van der Waals surface area contributed by atoms with E-state index < -0.39 is 9.84 Å². The number of nitrogens with zero attached hydrogens (tertiary/aromatic N) is 1. The number of hydrogen-bond donors (Lipinski definition) is 2.